The summed E-state index contributed by atoms with van der Waals surface area (Å²) in [5.41, 5.74) is 1.62. The van der Waals surface area contributed by atoms with Crippen molar-refractivity contribution < 1.29 is 22.7 Å². The molecule has 0 saturated carbocycles. The number of pyridine rings is 1. The predicted octanol–water partition coefficient (Wildman–Crippen LogP) is 3.57. The number of methoxy groups -OCH3 is 1. The number of ether oxygens (including phenoxy) is 2. The van der Waals surface area contributed by atoms with Crippen LogP contribution in [-0.2, 0) is 27.8 Å². The van der Waals surface area contributed by atoms with Crippen molar-refractivity contribution in [3.8, 4) is 11.5 Å². The summed E-state index contributed by atoms with van der Waals surface area (Å²) in [6.45, 7) is 0.996. The summed E-state index contributed by atoms with van der Waals surface area (Å²) in [4.78, 5) is 17.3. The number of carbonyl (C=O) groups is 1. The van der Waals surface area contributed by atoms with Crippen LogP contribution in [-0.4, -0.2) is 49.9 Å². The van der Waals surface area contributed by atoms with Crippen molar-refractivity contribution in [3.05, 3.63) is 84.2 Å². The summed E-state index contributed by atoms with van der Waals surface area (Å²) < 4.78 is 40.1. The maximum Gasteiger partial charge on any atom is 0.244 e. The largest absolute Gasteiger partial charge is 0.493 e. The first-order valence-corrected chi connectivity index (χ1v) is 13.5. The van der Waals surface area contributed by atoms with Crippen LogP contribution in [0, 0.1) is 0 Å². The van der Waals surface area contributed by atoms with E-state index in [-0.39, 0.29) is 17.3 Å². The molecule has 8 nitrogen and oxygen atoms in total. The van der Waals surface area contributed by atoms with Gasteiger partial charge in [0, 0.05) is 31.4 Å². The second-order valence-electron chi connectivity index (χ2n) is 8.57. The van der Waals surface area contributed by atoms with Gasteiger partial charge in [0.2, 0.25) is 15.9 Å². The molecule has 1 fully saturated rings. The quantitative estimate of drug-likeness (QED) is 0.449. The first kappa shape index (κ1) is 25.7. The highest BCUT2D eigenvalue weighted by Gasteiger charge is 2.36. The lowest BCUT2D eigenvalue weighted by Crippen LogP contribution is -2.48. The number of nitrogens with one attached hydrogen (secondary N) is 1. The van der Waals surface area contributed by atoms with E-state index >= 15 is 0 Å². The van der Waals surface area contributed by atoms with E-state index < -0.39 is 16.1 Å². The molecule has 0 radical (unpaired) electrons. The van der Waals surface area contributed by atoms with Crippen molar-refractivity contribution in [3.63, 3.8) is 0 Å². The molecule has 1 N–H and O–H groups in total. The molecule has 0 bridgehead atoms. The SMILES string of the molecule is COc1cc(CN([C@H]2CCCCNC2=O)S(=O)(=O)c2ccccc2)ccc1OCCc1ccccn1. The Morgan fingerprint density at radius 1 is 1.03 bits per heavy atom. The summed E-state index contributed by atoms with van der Waals surface area (Å²) >= 11 is 0. The van der Waals surface area contributed by atoms with E-state index in [1.54, 1.807) is 61.8 Å². The predicted molar refractivity (Wildman–Crippen MR) is 136 cm³/mol. The molecule has 1 aliphatic rings. The summed E-state index contributed by atoms with van der Waals surface area (Å²) in [6.07, 6.45) is 4.43. The summed E-state index contributed by atoms with van der Waals surface area (Å²) in [5.74, 6) is 0.784. The van der Waals surface area contributed by atoms with E-state index in [4.69, 9.17) is 9.47 Å². The van der Waals surface area contributed by atoms with Crippen LogP contribution in [0.2, 0.25) is 0 Å². The van der Waals surface area contributed by atoms with Crippen LogP contribution >= 0.6 is 0 Å². The fraction of sp³-hybridized carbons (Fsp3) is 0.333. The van der Waals surface area contributed by atoms with E-state index in [0.29, 0.717) is 43.1 Å². The van der Waals surface area contributed by atoms with Gasteiger partial charge in [-0.3, -0.25) is 9.78 Å². The van der Waals surface area contributed by atoms with Gasteiger partial charge in [0.1, 0.15) is 6.04 Å². The van der Waals surface area contributed by atoms with E-state index in [1.807, 2.05) is 18.2 Å². The molecule has 0 unspecified atom stereocenters. The Morgan fingerprint density at radius 3 is 2.58 bits per heavy atom. The zero-order chi connectivity index (χ0) is 25.4. The average Bonchev–Trinajstić information content (AvgIpc) is 3.12. The third-order valence-electron chi connectivity index (χ3n) is 6.11. The highest BCUT2D eigenvalue weighted by Crippen LogP contribution is 2.31. The van der Waals surface area contributed by atoms with Gasteiger partial charge in [-0.15, -0.1) is 0 Å². The molecule has 2 heterocycles. The van der Waals surface area contributed by atoms with Crippen molar-refractivity contribution in [2.24, 2.45) is 0 Å². The van der Waals surface area contributed by atoms with Gasteiger partial charge >= 0.3 is 0 Å². The molecule has 1 amide bonds. The molecular weight excluding hydrogens is 478 g/mol. The minimum atomic E-state index is -3.93. The molecule has 190 valence electrons. The third kappa shape index (κ3) is 6.22. The number of amides is 1. The summed E-state index contributed by atoms with van der Waals surface area (Å²) in [7, 11) is -2.39. The average molecular weight is 510 g/mol. The van der Waals surface area contributed by atoms with E-state index in [2.05, 4.69) is 10.3 Å². The third-order valence-corrected chi connectivity index (χ3v) is 7.98. The number of sulfonamides is 1. The maximum atomic E-state index is 13.7. The normalized spacial score (nSPS) is 16.3. The van der Waals surface area contributed by atoms with Crippen LogP contribution in [0.4, 0.5) is 0 Å². The Kier molecular flexibility index (Phi) is 8.56. The molecule has 1 saturated heterocycles. The molecule has 0 aliphatic carbocycles. The number of hydrogen-bond donors (Lipinski definition) is 1. The van der Waals surface area contributed by atoms with Gasteiger partial charge in [-0.25, -0.2) is 8.42 Å². The number of aromatic nitrogens is 1. The van der Waals surface area contributed by atoms with Crippen LogP contribution in [0.3, 0.4) is 0 Å². The molecule has 9 heteroatoms. The minimum absolute atomic E-state index is 0.0277. The van der Waals surface area contributed by atoms with Crippen molar-refractivity contribution in [2.45, 2.75) is 43.2 Å². The van der Waals surface area contributed by atoms with Crippen LogP contribution in [0.25, 0.3) is 0 Å². The van der Waals surface area contributed by atoms with Crippen LogP contribution in [0.1, 0.15) is 30.5 Å². The number of nitrogens with zero attached hydrogens (tertiary/aromatic N) is 2. The van der Waals surface area contributed by atoms with Crippen molar-refractivity contribution >= 4 is 15.9 Å². The lowest BCUT2D eigenvalue weighted by atomic mass is 10.1. The zero-order valence-corrected chi connectivity index (χ0v) is 21.1. The fourth-order valence-electron chi connectivity index (χ4n) is 4.21. The Bertz CT molecular complexity index is 1250. The number of benzene rings is 2. The van der Waals surface area contributed by atoms with E-state index in [1.165, 1.54) is 4.31 Å². The molecule has 1 aliphatic heterocycles. The van der Waals surface area contributed by atoms with Crippen molar-refractivity contribution in [1.29, 1.82) is 0 Å². The zero-order valence-electron chi connectivity index (χ0n) is 20.3. The molecular formula is C27H31N3O5S. The lowest BCUT2D eigenvalue weighted by molar-refractivity contribution is -0.124. The van der Waals surface area contributed by atoms with Crippen molar-refractivity contribution in [2.75, 3.05) is 20.3 Å². The van der Waals surface area contributed by atoms with Crippen LogP contribution < -0.4 is 14.8 Å². The second-order valence-corrected chi connectivity index (χ2v) is 10.5. The molecule has 4 rings (SSSR count). The monoisotopic (exact) mass is 509 g/mol. The number of hydrogen-bond acceptors (Lipinski definition) is 6. The van der Waals surface area contributed by atoms with Gasteiger partial charge in [-0.05, 0) is 61.2 Å². The van der Waals surface area contributed by atoms with Gasteiger partial charge in [0.15, 0.2) is 11.5 Å². The molecule has 1 aromatic heterocycles. The lowest BCUT2D eigenvalue weighted by Gasteiger charge is -2.29. The van der Waals surface area contributed by atoms with Gasteiger partial charge in [0.25, 0.3) is 0 Å². The van der Waals surface area contributed by atoms with Crippen LogP contribution in [0.5, 0.6) is 11.5 Å². The first-order valence-electron chi connectivity index (χ1n) is 12.0. The van der Waals surface area contributed by atoms with Gasteiger partial charge in [-0.2, -0.15) is 4.31 Å². The molecule has 2 aromatic carbocycles. The molecule has 1 atom stereocenters. The molecule has 0 spiro atoms. The summed E-state index contributed by atoms with van der Waals surface area (Å²) in [6, 6.07) is 18.5. The minimum Gasteiger partial charge on any atom is -0.493 e. The van der Waals surface area contributed by atoms with Gasteiger partial charge in [-0.1, -0.05) is 30.3 Å². The van der Waals surface area contributed by atoms with Gasteiger partial charge < -0.3 is 14.8 Å². The first-order chi connectivity index (χ1) is 17.5. The fourth-order valence-corrected chi connectivity index (χ4v) is 5.84. The Morgan fingerprint density at radius 2 is 1.83 bits per heavy atom. The number of rotatable bonds is 10. The Hall–Kier alpha value is -3.43. The second kappa shape index (κ2) is 12.0. The topological polar surface area (TPSA) is 97.8 Å². The van der Waals surface area contributed by atoms with E-state index in [0.717, 1.165) is 18.5 Å². The van der Waals surface area contributed by atoms with Crippen LogP contribution in [0.15, 0.2) is 77.8 Å². The highest BCUT2D eigenvalue weighted by molar-refractivity contribution is 7.89. The Labute approximate surface area is 212 Å². The molecule has 3 aromatic rings. The van der Waals surface area contributed by atoms with E-state index in [9.17, 15) is 13.2 Å². The Balaban J connectivity index is 1.57. The standard InChI is InChI=1S/C27H31N3O5S/c1-34-26-19-21(13-14-25(26)35-18-15-22-9-5-7-16-28-22)20-30(24-12-6-8-17-29-27(24)31)36(32,33)23-10-3-2-4-11-23/h2-5,7,9-11,13-14,16,19,24H,6,8,12,15,17-18,20H2,1H3,(H,29,31)/t24-/m0/s1. The summed E-state index contributed by atoms with van der Waals surface area (Å²) in [5, 5.41) is 2.86. The molecule has 36 heavy (non-hydrogen) atoms. The van der Waals surface area contributed by atoms with Crippen molar-refractivity contribution in [1.82, 2.24) is 14.6 Å². The van der Waals surface area contributed by atoms with Gasteiger partial charge in [0.05, 0.1) is 18.6 Å². The highest BCUT2D eigenvalue weighted by atomic mass is 32.2. The number of carbonyl (C=O) groups excluding carboxylic acids is 1. The smallest absolute Gasteiger partial charge is 0.244 e. The maximum absolute atomic E-state index is 13.7.